The molecule has 2 aromatic heterocycles. The summed E-state index contributed by atoms with van der Waals surface area (Å²) in [5.41, 5.74) is 1.77. The third-order valence-corrected chi connectivity index (χ3v) is 5.85. The van der Waals surface area contributed by atoms with E-state index in [1.807, 2.05) is 52.7 Å². The minimum atomic E-state index is -0.0437. The van der Waals surface area contributed by atoms with Gasteiger partial charge in [0.05, 0.1) is 18.0 Å². The van der Waals surface area contributed by atoms with Crippen LogP contribution in [0.25, 0.3) is 11.3 Å². The molecule has 140 valence electrons. The molecule has 0 unspecified atom stereocenters. The number of hydrogen-bond donors (Lipinski definition) is 0. The Kier molecular flexibility index (Phi) is 5.25. The summed E-state index contributed by atoms with van der Waals surface area (Å²) in [6.07, 6.45) is 4.15. The normalized spacial score (nSPS) is 17.5. The summed E-state index contributed by atoms with van der Waals surface area (Å²) in [4.78, 5) is 15.8. The molecule has 1 fully saturated rings. The summed E-state index contributed by atoms with van der Waals surface area (Å²) in [7, 11) is 1.65. The highest BCUT2D eigenvalue weighted by Crippen LogP contribution is 2.34. The lowest BCUT2D eigenvalue weighted by Crippen LogP contribution is -2.34. The zero-order valence-electron chi connectivity index (χ0n) is 15.3. The number of nitrogens with zero attached hydrogens (tertiary/aromatic N) is 2. The Labute approximate surface area is 162 Å². The summed E-state index contributed by atoms with van der Waals surface area (Å²) in [6, 6.07) is 13.4. The van der Waals surface area contributed by atoms with Gasteiger partial charge in [0.2, 0.25) is 0 Å². The third kappa shape index (κ3) is 3.76. The molecule has 0 bridgehead atoms. The van der Waals surface area contributed by atoms with Gasteiger partial charge in [0.25, 0.3) is 5.91 Å². The standard InChI is InChI=1S/C21H22N2O3S/c1-25-16-10-8-15(9-11-16)19-14-17(22-26-19)18-6-3-2-4-12-23(18)21(24)20-7-5-13-27-20/h5,7-11,13-14,18H,2-4,6,12H2,1H3/t18-/m1/s1. The van der Waals surface area contributed by atoms with Crippen LogP contribution >= 0.6 is 11.3 Å². The molecule has 4 rings (SSSR count). The Hall–Kier alpha value is -2.60. The predicted molar refractivity (Wildman–Crippen MR) is 105 cm³/mol. The number of likely N-dealkylation sites (tertiary alicyclic amines) is 1. The van der Waals surface area contributed by atoms with Gasteiger partial charge in [-0.05, 0) is 48.6 Å². The van der Waals surface area contributed by atoms with Gasteiger partial charge in [-0.15, -0.1) is 11.3 Å². The zero-order valence-corrected chi connectivity index (χ0v) is 16.1. The largest absolute Gasteiger partial charge is 0.497 e. The smallest absolute Gasteiger partial charge is 0.264 e. The van der Waals surface area contributed by atoms with Crippen LogP contribution in [0.3, 0.4) is 0 Å². The average Bonchev–Trinajstić information content (AvgIpc) is 3.36. The molecule has 3 heterocycles. The summed E-state index contributed by atoms with van der Waals surface area (Å²) in [5, 5.41) is 6.26. The van der Waals surface area contributed by atoms with Crippen LogP contribution in [-0.4, -0.2) is 29.6 Å². The van der Waals surface area contributed by atoms with Crippen molar-refractivity contribution in [2.75, 3.05) is 13.7 Å². The first-order chi connectivity index (χ1) is 13.3. The van der Waals surface area contributed by atoms with Crippen LogP contribution in [-0.2, 0) is 0 Å². The number of methoxy groups -OCH3 is 1. The second-order valence-corrected chi connectivity index (χ2v) is 7.63. The average molecular weight is 382 g/mol. The predicted octanol–water partition coefficient (Wildman–Crippen LogP) is 5.17. The Morgan fingerprint density at radius 3 is 2.81 bits per heavy atom. The third-order valence-electron chi connectivity index (χ3n) is 4.99. The molecule has 1 aromatic carbocycles. The topological polar surface area (TPSA) is 55.6 Å². The van der Waals surface area contributed by atoms with Crippen molar-refractivity contribution in [2.45, 2.75) is 31.7 Å². The second kappa shape index (κ2) is 7.96. The summed E-state index contributed by atoms with van der Waals surface area (Å²) >= 11 is 1.49. The van der Waals surface area contributed by atoms with E-state index in [0.29, 0.717) is 5.76 Å². The first-order valence-corrected chi connectivity index (χ1v) is 10.1. The van der Waals surface area contributed by atoms with Crippen molar-refractivity contribution < 1.29 is 14.1 Å². The Morgan fingerprint density at radius 1 is 1.22 bits per heavy atom. The number of carbonyl (C=O) groups is 1. The number of benzene rings is 1. The van der Waals surface area contributed by atoms with Crippen molar-refractivity contribution >= 4 is 17.2 Å². The zero-order chi connectivity index (χ0) is 18.6. The van der Waals surface area contributed by atoms with E-state index in [9.17, 15) is 4.79 Å². The molecule has 0 spiro atoms. The molecule has 3 aromatic rings. The highest BCUT2D eigenvalue weighted by atomic mass is 32.1. The summed E-state index contributed by atoms with van der Waals surface area (Å²) in [5.74, 6) is 1.60. The van der Waals surface area contributed by atoms with Crippen molar-refractivity contribution in [1.29, 1.82) is 0 Å². The Balaban J connectivity index is 1.61. The number of thiophene rings is 1. The fourth-order valence-electron chi connectivity index (χ4n) is 3.54. The van der Waals surface area contributed by atoms with Gasteiger partial charge >= 0.3 is 0 Å². The van der Waals surface area contributed by atoms with Crippen LogP contribution in [0.1, 0.15) is 47.1 Å². The van der Waals surface area contributed by atoms with Gasteiger partial charge in [-0.2, -0.15) is 0 Å². The maximum Gasteiger partial charge on any atom is 0.264 e. The maximum absolute atomic E-state index is 13.0. The molecule has 1 saturated heterocycles. The fourth-order valence-corrected chi connectivity index (χ4v) is 4.22. The van der Waals surface area contributed by atoms with E-state index in [0.717, 1.165) is 54.1 Å². The van der Waals surface area contributed by atoms with Gasteiger partial charge in [0.15, 0.2) is 5.76 Å². The van der Waals surface area contributed by atoms with E-state index < -0.39 is 0 Å². The van der Waals surface area contributed by atoms with Crippen LogP contribution in [0.5, 0.6) is 5.75 Å². The molecule has 1 aliphatic heterocycles. The quantitative estimate of drug-likeness (QED) is 0.625. The maximum atomic E-state index is 13.0. The number of ether oxygens (including phenoxy) is 1. The van der Waals surface area contributed by atoms with E-state index >= 15 is 0 Å². The number of carbonyl (C=O) groups excluding carboxylic acids is 1. The Bertz CT molecular complexity index is 887. The molecule has 0 radical (unpaired) electrons. The molecule has 1 aliphatic rings. The van der Waals surface area contributed by atoms with E-state index in [4.69, 9.17) is 9.26 Å². The van der Waals surface area contributed by atoms with Gasteiger partial charge in [-0.3, -0.25) is 4.79 Å². The molecular formula is C21H22N2O3S. The summed E-state index contributed by atoms with van der Waals surface area (Å²) < 4.78 is 10.8. The SMILES string of the molecule is COc1ccc(-c2cc([C@H]3CCCCCN3C(=O)c3cccs3)no2)cc1. The first kappa shape index (κ1) is 17.8. The van der Waals surface area contributed by atoms with Crippen molar-refractivity contribution in [2.24, 2.45) is 0 Å². The molecule has 5 nitrogen and oxygen atoms in total. The van der Waals surface area contributed by atoms with E-state index in [1.54, 1.807) is 7.11 Å². The number of aromatic nitrogens is 1. The van der Waals surface area contributed by atoms with Crippen molar-refractivity contribution in [3.05, 3.63) is 58.4 Å². The lowest BCUT2D eigenvalue weighted by molar-refractivity contribution is 0.0679. The Morgan fingerprint density at radius 2 is 2.07 bits per heavy atom. The lowest BCUT2D eigenvalue weighted by Gasteiger charge is -2.28. The molecule has 0 saturated carbocycles. The number of amides is 1. The van der Waals surface area contributed by atoms with Crippen LogP contribution in [0, 0.1) is 0 Å². The minimum Gasteiger partial charge on any atom is -0.497 e. The van der Waals surface area contributed by atoms with E-state index in [2.05, 4.69) is 5.16 Å². The van der Waals surface area contributed by atoms with Crippen molar-refractivity contribution in [3.8, 4) is 17.1 Å². The molecule has 0 N–H and O–H groups in total. The molecule has 27 heavy (non-hydrogen) atoms. The van der Waals surface area contributed by atoms with E-state index in [-0.39, 0.29) is 11.9 Å². The van der Waals surface area contributed by atoms with Crippen LogP contribution in [0.4, 0.5) is 0 Å². The summed E-state index contributed by atoms with van der Waals surface area (Å²) in [6.45, 7) is 0.756. The minimum absolute atomic E-state index is 0.0437. The van der Waals surface area contributed by atoms with Gasteiger partial charge in [-0.1, -0.05) is 24.1 Å². The van der Waals surface area contributed by atoms with Crippen molar-refractivity contribution in [1.82, 2.24) is 10.1 Å². The molecule has 1 atom stereocenters. The van der Waals surface area contributed by atoms with E-state index in [1.165, 1.54) is 11.3 Å². The highest BCUT2D eigenvalue weighted by molar-refractivity contribution is 7.12. The van der Waals surface area contributed by atoms with Crippen LogP contribution < -0.4 is 4.74 Å². The van der Waals surface area contributed by atoms with Gasteiger partial charge in [-0.25, -0.2) is 0 Å². The first-order valence-electron chi connectivity index (χ1n) is 9.22. The number of hydrogen-bond acceptors (Lipinski definition) is 5. The molecular weight excluding hydrogens is 360 g/mol. The van der Waals surface area contributed by atoms with Gasteiger partial charge < -0.3 is 14.2 Å². The van der Waals surface area contributed by atoms with Gasteiger partial charge in [0.1, 0.15) is 11.4 Å². The fraction of sp³-hybridized carbons (Fsp3) is 0.333. The van der Waals surface area contributed by atoms with Crippen molar-refractivity contribution in [3.63, 3.8) is 0 Å². The monoisotopic (exact) mass is 382 g/mol. The molecule has 1 amide bonds. The second-order valence-electron chi connectivity index (χ2n) is 6.69. The lowest BCUT2D eigenvalue weighted by atomic mass is 10.0. The highest BCUT2D eigenvalue weighted by Gasteiger charge is 2.30. The van der Waals surface area contributed by atoms with Crippen LogP contribution in [0.2, 0.25) is 0 Å². The molecule has 6 heteroatoms. The molecule has 0 aliphatic carbocycles. The number of rotatable bonds is 4. The van der Waals surface area contributed by atoms with Gasteiger partial charge in [0, 0.05) is 18.2 Å². The van der Waals surface area contributed by atoms with Crippen LogP contribution in [0.15, 0.2) is 52.4 Å².